The second-order valence-corrected chi connectivity index (χ2v) is 23.3. The molecular formula is C45H44ClF10N11O6S2. The lowest BCUT2D eigenvalue weighted by molar-refractivity contribution is -0.143. The molecule has 75 heavy (non-hydrogen) atoms. The molecule has 2 unspecified atom stereocenters. The second kappa shape index (κ2) is 19.9. The van der Waals surface area contributed by atoms with Crippen LogP contribution in [0.3, 0.4) is 0 Å². The zero-order valence-corrected chi connectivity index (χ0v) is 42.0. The zero-order valence-electron chi connectivity index (χ0n) is 39.6. The molecule has 7 rings (SSSR count). The molecule has 4 atom stereocenters. The van der Waals surface area contributed by atoms with Crippen LogP contribution in [0, 0.1) is 34.8 Å². The summed E-state index contributed by atoms with van der Waals surface area (Å²) in [7, 11) is -8.77. The van der Waals surface area contributed by atoms with Crippen molar-refractivity contribution in [2.45, 2.75) is 93.6 Å². The van der Waals surface area contributed by atoms with E-state index in [2.05, 4.69) is 37.7 Å². The van der Waals surface area contributed by atoms with Crippen molar-refractivity contribution in [1.82, 2.24) is 35.2 Å². The maximum atomic E-state index is 15.6. The fourth-order valence-corrected chi connectivity index (χ4v) is 10.0. The lowest BCUT2D eigenvalue weighted by atomic mass is 9.93. The summed E-state index contributed by atoms with van der Waals surface area (Å²) in [4.78, 5) is 32.7. The molecule has 7 N–H and O–H groups in total. The first-order chi connectivity index (χ1) is 34.5. The standard InChI is InChI=1S/C45H44ClF10N11O6S2/c1-42(2,74(3,70)71)12-11-24-7-8-25(26-9-10-29(46)34-36(26)66(20-43(49,50)51)64-39(34)67(75(4,72)73)40(69)30(57)6-5-13-60-41(58)59)35(61-24)31(16-21-14-22(47)17-23(48)15-21)62-32(68)19-65-38-33(37(63-65)45(54,55)56)27-18-28(27)44(38,52)53/h7-10,14-15,17,27-28,30-31H,5-6,13,16,18-20,57H2,1-4H3,(H,62,68)(H4,58,59,60)/t27-,28+,30?,31?/m0/s1. The van der Waals surface area contributed by atoms with E-state index in [9.17, 15) is 61.5 Å². The van der Waals surface area contributed by atoms with Crippen LogP contribution < -0.4 is 26.4 Å². The number of rotatable bonds is 16. The van der Waals surface area contributed by atoms with Gasteiger partial charge in [-0.3, -0.25) is 24.4 Å². The van der Waals surface area contributed by atoms with Gasteiger partial charge in [-0.1, -0.05) is 23.6 Å². The highest BCUT2D eigenvalue weighted by molar-refractivity contribution is 7.93. The molecule has 2 aromatic carbocycles. The molecule has 0 spiro atoms. The molecule has 1 saturated carbocycles. The molecular weight excluding hydrogens is 1080 g/mol. The van der Waals surface area contributed by atoms with Crippen molar-refractivity contribution >= 4 is 66.0 Å². The zero-order chi connectivity index (χ0) is 55.7. The van der Waals surface area contributed by atoms with Crippen LogP contribution in [0.1, 0.15) is 79.0 Å². The molecule has 0 radical (unpaired) electrons. The van der Waals surface area contributed by atoms with Gasteiger partial charge in [0.05, 0.1) is 40.0 Å². The highest BCUT2D eigenvalue weighted by atomic mass is 35.5. The molecule has 3 aromatic heterocycles. The van der Waals surface area contributed by atoms with Gasteiger partial charge < -0.3 is 22.1 Å². The van der Waals surface area contributed by atoms with Gasteiger partial charge in [0.2, 0.25) is 15.9 Å². The lowest BCUT2D eigenvalue weighted by Crippen LogP contribution is -2.47. The number of aromatic nitrogens is 5. The average Bonchev–Trinajstić information content (AvgIpc) is 3.78. The minimum Gasteiger partial charge on any atom is -0.370 e. The minimum atomic E-state index is -5.23. The van der Waals surface area contributed by atoms with Gasteiger partial charge in [-0.25, -0.2) is 30.6 Å². The van der Waals surface area contributed by atoms with Crippen LogP contribution in [0.15, 0.2) is 42.5 Å². The number of benzene rings is 2. The summed E-state index contributed by atoms with van der Waals surface area (Å²) in [5.41, 5.74) is 5.41. The number of sulfonamides is 1. The van der Waals surface area contributed by atoms with Crippen molar-refractivity contribution in [3.05, 3.63) is 93.0 Å². The average molecular weight is 1120 g/mol. The predicted molar refractivity (Wildman–Crippen MR) is 252 cm³/mol. The number of amides is 2. The van der Waals surface area contributed by atoms with E-state index in [-0.39, 0.29) is 61.9 Å². The SMILES string of the molecule is CC(C)(C#Cc1ccc(-c2ccc(Cl)c3c(N(C(=O)C(N)CCCNC(=N)N)S(C)(=O)=O)nn(CC(F)(F)F)c23)c(C(Cc2cc(F)cc(F)c2)NC(=O)Cn2nc(C(F)(F)F)c3c2C(F)(F)[C@@H]2C[C@H]32)n1)S(C)(=O)=O. The van der Waals surface area contributed by atoms with E-state index in [1.807, 2.05) is 0 Å². The third-order valence-corrected chi connectivity index (χ3v) is 15.6. The van der Waals surface area contributed by atoms with Crippen molar-refractivity contribution in [1.29, 1.82) is 5.41 Å². The number of hydrogen-bond donors (Lipinski definition) is 5. The second-order valence-electron chi connectivity index (χ2n) is 18.5. The van der Waals surface area contributed by atoms with E-state index >= 15 is 8.78 Å². The highest BCUT2D eigenvalue weighted by Gasteiger charge is 2.68. The predicted octanol–water partition coefficient (Wildman–Crippen LogP) is 6.17. The number of nitrogens with two attached hydrogens (primary N) is 2. The van der Waals surface area contributed by atoms with Crippen molar-refractivity contribution in [3.8, 4) is 23.0 Å². The fourth-order valence-electron chi connectivity index (χ4n) is 8.64. The summed E-state index contributed by atoms with van der Waals surface area (Å²) in [6, 6.07) is 3.05. The molecule has 2 aliphatic carbocycles. The summed E-state index contributed by atoms with van der Waals surface area (Å²) in [5, 5.41) is 18.4. The van der Waals surface area contributed by atoms with E-state index < -0.39 is 160 Å². The lowest BCUT2D eigenvalue weighted by Gasteiger charge is -2.23. The van der Waals surface area contributed by atoms with Crippen LogP contribution >= 0.6 is 11.6 Å². The third kappa shape index (κ3) is 11.8. The number of anilines is 1. The number of sulfone groups is 1. The molecule has 17 nitrogen and oxygen atoms in total. The maximum Gasteiger partial charge on any atom is 0.435 e. The summed E-state index contributed by atoms with van der Waals surface area (Å²) in [6.07, 6.45) is -10.2. The number of fused-ring (bicyclic) bond motifs is 4. The summed E-state index contributed by atoms with van der Waals surface area (Å²) in [6.45, 7) is -0.844. The van der Waals surface area contributed by atoms with Gasteiger partial charge in [-0.2, -0.15) is 49.6 Å². The summed E-state index contributed by atoms with van der Waals surface area (Å²) < 4.78 is 199. The Morgan fingerprint density at radius 3 is 2.21 bits per heavy atom. The Morgan fingerprint density at radius 2 is 1.63 bits per heavy atom. The number of guanidine groups is 1. The first-order valence-corrected chi connectivity index (χ1v) is 26.3. The normalized spacial score (nSPS) is 17.1. The number of nitrogens with zero attached hydrogens (tertiary/aromatic N) is 6. The molecule has 404 valence electrons. The molecule has 1 fully saturated rings. The number of halogens is 11. The van der Waals surface area contributed by atoms with Gasteiger partial charge >= 0.3 is 12.4 Å². The Bertz CT molecular complexity index is 3430. The van der Waals surface area contributed by atoms with E-state index in [1.165, 1.54) is 13.8 Å². The van der Waals surface area contributed by atoms with Crippen molar-refractivity contribution in [2.75, 3.05) is 23.4 Å². The first-order valence-electron chi connectivity index (χ1n) is 22.2. The van der Waals surface area contributed by atoms with Gasteiger partial charge in [0.15, 0.2) is 27.3 Å². The number of nitrogens with one attached hydrogen (secondary N) is 3. The molecule has 5 aromatic rings. The first kappa shape index (κ1) is 56.2. The molecule has 0 saturated heterocycles. The van der Waals surface area contributed by atoms with Crippen LogP contribution in [0.4, 0.5) is 49.7 Å². The summed E-state index contributed by atoms with van der Waals surface area (Å²) in [5.74, 6) is -7.90. The highest BCUT2D eigenvalue weighted by Crippen LogP contribution is 2.68. The Morgan fingerprint density at radius 1 is 0.987 bits per heavy atom. The number of alkyl halides is 8. The van der Waals surface area contributed by atoms with Crippen molar-refractivity contribution < 1.29 is 70.3 Å². The molecule has 2 amide bonds. The molecule has 2 aliphatic rings. The quantitative estimate of drug-likeness (QED) is 0.0244. The maximum absolute atomic E-state index is 15.6. The minimum absolute atomic E-state index is 0.000299. The van der Waals surface area contributed by atoms with Crippen molar-refractivity contribution in [3.63, 3.8) is 0 Å². The van der Waals surface area contributed by atoms with Crippen molar-refractivity contribution in [2.24, 2.45) is 17.4 Å². The van der Waals surface area contributed by atoms with Crippen LogP contribution in [0.5, 0.6) is 0 Å². The van der Waals surface area contributed by atoms with E-state index in [1.54, 1.807) is 0 Å². The molecule has 0 bridgehead atoms. The fraction of sp³-hybridized carbons (Fsp3) is 0.422. The monoisotopic (exact) mass is 1120 g/mol. The van der Waals surface area contributed by atoms with Crippen LogP contribution in [0.25, 0.3) is 22.0 Å². The molecule has 0 aliphatic heterocycles. The van der Waals surface area contributed by atoms with Crippen LogP contribution in [-0.2, 0) is 61.1 Å². The Kier molecular flexibility index (Phi) is 14.9. The number of carbonyl (C=O) groups is 2. The van der Waals surface area contributed by atoms with Gasteiger partial charge in [-0.15, -0.1) is 0 Å². The van der Waals surface area contributed by atoms with Crippen LogP contribution in [0.2, 0.25) is 5.02 Å². The largest absolute Gasteiger partial charge is 0.435 e. The number of hydrogen-bond acceptors (Lipinski definition) is 11. The van der Waals surface area contributed by atoms with Gasteiger partial charge in [0.25, 0.3) is 11.8 Å². The van der Waals surface area contributed by atoms with Gasteiger partial charge in [0.1, 0.15) is 40.9 Å². The number of carbonyl (C=O) groups excluding carboxylic acids is 2. The molecule has 30 heteroatoms. The Hall–Kier alpha value is -6.51. The van der Waals surface area contributed by atoms with E-state index in [4.69, 9.17) is 28.5 Å². The Balaban J connectivity index is 1.47. The van der Waals surface area contributed by atoms with E-state index in [0.717, 1.165) is 42.7 Å². The smallest absolute Gasteiger partial charge is 0.370 e. The van der Waals surface area contributed by atoms with E-state index in [0.29, 0.717) is 12.3 Å². The topological polar surface area (TPSA) is 254 Å². The summed E-state index contributed by atoms with van der Waals surface area (Å²) >= 11 is 6.67. The van der Waals surface area contributed by atoms with Gasteiger partial charge in [0, 0.05) is 41.5 Å². The van der Waals surface area contributed by atoms with Crippen LogP contribution in [-0.4, -0.2) is 95.2 Å². The third-order valence-electron chi connectivity index (χ3n) is 12.4. The Labute approximate surface area is 425 Å². The number of pyridine rings is 1. The van der Waals surface area contributed by atoms with Gasteiger partial charge in [-0.05, 0) is 87.3 Å². The molecule has 3 heterocycles.